The van der Waals surface area contributed by atoms with Crippen molar-refractivity contribution in [3.63, 3.8) is 0 Å². The molecule has 0 spiro atoms. The number of hydrogen-bond acceptors (Lipinski definition) is 5. The van der Waals surface area contributed by atoms with Crippen molar-refractivity contribution < 1.29 is 18.8 Å². The Morgan fingerprint density at radius 3 is 2.81 bits per heavy atom. The van der Waals surface area contributed by atoms with Crippen molar-refractivity contribution >= 4 is 34.7 Å². The third-order valence-corrected chi connectivity index (χ3v) is 6.42. The molecule has 0 aliphatic carbocycles. The van der Waals surface area contributed by atoms with E-state index in [1.807, 2.05) is 11.8 Å². The Morgan fingerprint density at radius 2 is 2.03 bits per heavy atom. The van der Waals surface area contributed by atoms with E-state index in [1.165, 1.54) is 28.7 Å². The molecule has 0 bridgehead atoms. The maximum absolute atomic E-state index is 13.1. The lowest BCUT2D eigenvalue weighted by molar-refractivity contribution is -0.116. The Kier molecular flexibility index (Phi) is 5.90. The largest absolute Gasteiger partial charge is 0.459 e. The number of furan rings is 1. The van der Waals surface area contributed by atoms with E-state index in [1.54, 1.807) is 41.7 Å². The Hall–Kier alpha value is -3.39. The first kappa shape index (κ1) is 20.9. The summed E-state index contributed by atoms with van der Waals surface area (Å²) in [6.45, 7) is 2.97. The van der Waals surface area contributed by atoms with Crippen LogP contribution in [0.1, 0.15) is 36.9 Å². The molecule has 1 N–H and O–H groups in total. The zero-order chi connectivity index (χ0) is 22.0. The van der Waals surface area contributed by atoms with E-state index in [9.17, 15) is 14.4 Å². The maximum atomic E-state index is 13.1. The minimum atomic E-state index is -0.376. The number of likely N-dealkylation sites (N-methyl/N-ethyl adjacent to an activating group) is 1. The zero-order valence-corrected chi connectivity index (χ0v) is 18.2. The van der Waals surface area contributed by atoms with E-state index in [0.29, 0.717) is 29.9 Å². The van der Waals surface area contributed by atoms with Gasteiger partial charge < -0.3 is 19.5 Å². The lowest BCUT2D eigenvalue weighted by Crippen LogP contribution is -2.36. The van der Waals surface area contributed by atoms with Crippen molar-refractivity contribution in [2.75, 3.05) is 25.5 Å². The molecule has 1 aromatic carbocycles. The first-order valence-corrected chi connectivity index (χ1v) is 10.8. The number of fused-ring (bicyclic) bond motifs is 1. The highest BCUT2D eigenvalue weighted by atomic mass is 32.1. The predicted molar refractivity (Wildman–Crippen MR) is 118 cm³/mol. The summed E-state index contributed by atoms with van der Waals surface area (Å²) in [6.07, 6.45) is 2.28. The van der Waals surface area contributed by atoms with Crippen molar-refractivity contribution in [1.29, 1.82) is 0 Å². The topological polar surface area (TPSA) is 82.9 Å². The minimum Gasteiger partial charge on any atom is -0.459 e. The van der Waals surface area contributed by atoms with Crippen molar-refractivity contribution in [3.05, 3.63) is 75.4 Å². The summed E-state index contributed by atoms with van der Waals surface area (Å²) in [7, 11) is 1.53. The van der Waals surface area contributed by atoms with Crippen LogP contribution in [0.25, 0.3) is 0 Å². The second-order valence-electron chi connectivity index (χ2n) is 7.51. The van der Waals surface area contributed by atoms with Crippen LogP contribution in [0.15, 0.2) is 52.5 Å². The van der Waals surface area contributed by atoms with Gasteiger partial charge in [0.05, 0.1) is 12.8 Å². The predicted octanol–water partition coefficient (Wildman–Crippen LogP) is 3.56. The summed E-state index contributed by atoms with van der Waals surface area (Å²) >= 11 is 1.73. The first-order chi connectivity index (χ1) is 14.9. The molecule has 0 saturated heterocycles. The van der Waals surface area contributed by atoms with Crippen LogP contribution < -0.4 is 5.32 Å². The summed E-state index contributed by atoms with van der Waals surface area (Å²) in [5.41, 5.74) is 3.03. The number of thiophene rings is 1. The van der Waals surface area contributed by atoms with E-state index < -0.39 is 0 Å². The van der Waals surface area contributed by atoms with Gasteiger partial charge in [-0.1, -0.05) is 6.07 Å². The minimum absolute atomic E-state index is 0.0458. The van der Waals surface area contributed by atoms with E-state index in [4.69, 9.17) is 4.42 Å². The summed E-state index contributed by atoms with van der Waals surface area (Å²) in [5.74, 6) is -0.598. The average Bonchev–Trinajstić information content (AvgIpc) is 3.45. The third kappa shape index (κ3) is 4.39. The quantitative estimate of drug-likeness (QED) is 0.662. The Bertz CT molecular complexity index is 1120. The summed E-state index contributed by atoms with van der Waals surface area (Å²) in [4.78, 5) is 42.4. The fourth-order valence-corrected chi connectivity index (χ4v) is 4.55. The molecule has 2 aromatic heterocycles. The number of benzene rings is 1. The van der Waals surface area contributed by atoms with Crippen LogP contribution in [0.2, 0.25) is 0 Å². The zero-order valence-electron chi connectivity index (χ0n) is 17.4. The fourth-order valence-electron chi connectivity index (χ4n) is 3.66. The summed E-state index contributed by atoms with van der Waals surface area (Å²) in [6, 6.07) is 10.5. The molecule has 0 fully saturated rings. The molecule has 3 aromatic rings. The number of rotatable bonds is 5. The van der Waals surface area contributed by atoms with Gasteiger partial charge in [0.1, 0.15) is 0 Å². The van der Waals surface area contributed by atoms with Gasteiger partial charge in [-0.05, 0) is 60.2 Å². The van der Waals surface area contributed by atoms with Gasteiger partial charge in [0.25, 0.3) is 11.8 Å². The van der Waals surface area contributed by atoms with E-state index in [0.717, 1.165) is 6.42 Å². The molecule has 0 radical (unpaired) electrons. The molecule has 3 heterocycles. The smallest absolute Gasteiger partial charge is 0.289 e. The molecule has 0 saturated carbocycles. The fraction of sp³-hybridized carbons (Fsp3) is 0.261. The van der Waals surface area contributed by atoms with Crippen molar-refractivity contribution in [2.45, 2.75) is 19.9 Å². The highest BCUT2D eigenvalue weighted by Crippen LogP contribution is 2.27. The molecule has 1 aliphatic rings. The van der Waals surface area contributed by atoms with Crippen LogP contribution in [0.4, 0.5) is 5.69 Å². The number of carbonyl (C=O) groups is 3. The van der Waals surface area contributed by atoms with Crippen molar-refractivity contribution in [2.24, 2.45) is 0 Å². The monoisotopic (exact) mass is 437 g/mol. The van der Waals surface area contributed by atoms with Gasteiger partial charge in [-0.2, -0.15) is 0 Å². The number of anilines is 1. The molecule has 0 unspecified atom stereocenters. The van der Waals surface area contributed by atoms with Crippen LogP contribution in [0, 0.1) is 6.92 Å². The van der Waals surface area contributed by atoms with Crippen LogP contribution in [0.5, 0.6) is 0 Å². The van der Waals surface area contributed by atoms with Gasteiger partial charge in [0.15, 0.2) is 5.76 Å². The lowest BCUT2D eigenvalue weighted by atomic mass is 10.0. The number of carbonyl (C=O) groups excluding carboxylic acids is 3. The number of nitrogens with one attached hydrogen (secondary N) is 1. The first-order valence-electron chi connectivity index (χ1n) is 9.97. The van der Waals surface area contributed by atoms with Gasteiger partial charge in [-0.3, -0.25) is 14.4 Å². The van der Waals surface area contributed by atoms with Crippen molar-refractivity contribution in [3.8, 4) is 0 Å². The standard InChI is InChI=1S/C23H23N3O4S/c1-15-17(22(28)26-10-8-20-16(13-26)9-12-31-20)5-3-6-18(15)24-21(27)14-25(2)23(29)19-7-4-11-30-19/h3-7,9,11-12H,8,10,13-14H2,1-2H3,(H,24,27). The van der Waals surface area contributed by atoms with Crippen LogP contribution >= 0.6 is 11.3 Å². The Morgan fingerprint density at radius 1 is 1.19 bits per heavy atom. The molecule has 4 rings (SSSR count). The number of nitrogens with zero attached hydrogens (tertiary/aromatic N) is 2. The summed E-state index contributed by atoms with van der Waals surface area (Å²) < 4.78 is 5.09. The van der Waals surface area contributed by atoms with E-state index in [2.05, 4.69) is 16.8 Å². The van der Waals surface area contributed by atoms with Crippen LogP contribution in [-0.2, 0) is 17.8 Å². The normalized spacial score (nSPS) is 12.9. The molecule has 7 nitrogen and oxygen atoms in total. The second kappa shape index (κ2) is 8.77. The van der Waals surface area contributed by atoms with Crippen molar-refractivity contribution in [1.82, 2.24) is 9.80 Å². The Labute approximate surface area is 184 Å². The summed E-state index contributed by atoms with van der Waals surface area (Å²) in [5, 5.41) is 4.88. The second-order valence-corrected chi connectivity index (χ2v) is 8.51. The molecule has 160 valence electrons. The molecular formula is C23H23N3O4S. The Balaban J connectivity index is 1.43. The highest BCUT2D eigenvalue weighted by molar-refractivity contribution is 7.10. The highest BCUT2D eigenvalue weighted by Gasteiger charge is 2.24. The SMILES string of the molecule is Cc1c(NC(=O)CN(C)C(=O)c2ccco2)cccc1C(=O)N1CCc2sccc2C1. The lowest BCUT2D eigenvalue weighted by Gasteiger charge is -2.28. The van der Waals surface area contributed by atoms with Gasteiger partial charge in [0, 0.05) is 36.3 Å². The van der Waals surface area contributed by atoms with Crippen LogP contribution in [-0.4, -0.2) is 47.7 Å². The molecule has 0 atom stereocenters. The molecule has 3 amide bonds. The number of amides is 3. The van der Waals surface area contributed by atoms with Gasteiger partial charge >= 0.3 is 0 Å². The van der Waals surface area contributed by atoms with Gasteiger partial charge in [-0.25, -0.2) is 0 Å². The number of hydrogen-bond donors (Lipinski definition) is 1. The van der Waals surface area contributed by atoms with Crippen LogP contribution in [0.3, 0.4) is 0 Å². The van der Waals surface area contributed by atoms with E-state index in [-0.39, 0.29) is 30.0 Å². The van der Waals surface area contributed by atoms with Gasteiger partial charge in [0.2, 0.25) is 5.91 Å². The average molecular weight is 438 g/mol. The maximum Gasteiger partial charge on any atom is 0.289 e. The van der Waals surface area contributed by atoms with Gasteiger partial charge in [-0.15, -0.1) is 11.3 Å². The molecule has 8 heteroatoms. The molecule has 31 heavy (non-hydrogen) atoms. The van der Waals surface area contributed by atoms with E-state index >= 15 is 0 Å². The molecular weight excluding hydrogens is 414 g/mol. The molecule has 1 aliphatic heterocycles. The third-order valence-electron chi connectivity index (χ3n) is 5.39.